The summed E-state index contributed by atoms with van der Waals surface area (Å²) in [6.07, 6.45) is 0. The van der Waals surface area contributed by atoms with E-state index >= 15 is 0 Å². The Balaban J connectivity index is -0.0000000483. The van der Waals surface area contributed by atoms with Crippen molar-refractivity contribution in [3.8, 4) is 0 Å². The molecule has 0 amide bonds. The van der Waals surface area contributed by atoms with Gasteiger partial charge in [-0.2, -0.15) is 0 Å². The smallest absolute Gasteiger partial charge is 1.00 e. The van der Waals surface area contributed by atoms with Crippen molar-refractivity contribution in [2.24, 2.45) is 0 Å². The molecule has 0 aromatic rings. The third-order valence-electron chi connectivity index (χ3n) is 0.240. The van der Waals surface area contributed by atoms with Crippen molar-refractivity contribution >= 4 is 16.5 Å². The molecule has 0 aliphatic carbocycles. The van der Waals surface area contributed by atoms with E-state index in [4.69, 9.17) is 19.2 Å². The standard InChI is InChI=1S/C2H5O3P.Na.HO3P.H/c1-2-5-6(3)4;;1-4(2)3;/h2H2,1H3;;(H-,1,2,3);/q;+1;;-1/p+2. The Hall–Kier alpha value is 1.04. The van der Waals surface area contributed by atoms with Crippen molar-refractivity contribution in [1.29, 1.82) is 0 Å². The molecule has 6 nitrogen and oxygen atoms in total. The molecule has 11 heavy (non-hydrogen) atoms. The molecular weight excluding hydrogens is 205 g/mol. The van der Waals surface area contributed by atoms with Crippen LogP contribution >= 0.6 is 16.5 Å². The average molecular weight is 214 g/mol. The third-order valence-corrected chi connectivity index (χ3v) is 0.719. The minimum absolute atomic E-state index is 0. The summed E-state index contributed by atoms with van der Waals surface area (Å²) in [6, 6.07) is 0. The zero-order valence-corrected chi connectivity index (χ0v) is 9.96. The van der Waals surface area contributed by atoms with Gasteiger partial charge in [0.1, 0.15) is 6.61 Å². The first-order valence-corrected chi connectivity index (χ1v) is 4.44. The maximum absolute atomic E-state index is 9.53. The summed E-state index contributed by atoms with van der Waals surface area (Å²) >= 11 is 0. The van der Waals surface area contributed by atoms with Gasteiger partial charge in [-0.3, -0.25) is 0 Å². The second-order valence-electron chi connectivity index (χ2n) is 0.908. The van der Waals surface area contributed by atoms with Crippen molar-refractivity contribution in [2.45, 2.75) is 6.92 Å². The Labute approximate surface area is 89.3 Å². The quantitative estimate of drug-likeness (QED) is 0.344. The van der Waals surface area contributed by atoms with Crippen LogP contribution in [0, 0.1) is 0 Å². The summed E-state index contributed by atoms with van der Waals surface area (Å²) in [5.74, 6) is 0. The van der Waals surface area contributed by atoms with Gasteiger partial charge in [-0.1, -0.05) is 0 Å². The number of hydrogen-bond acceptors (Lipinski definition) is 3. The van der Waals surface area contributed by atoms with Crippen LogP contribution in [-0.2, 0) is 13.7 Å². The molecular formula is C2H9NaO6P2+2. The minimum Gasteiger partial charge on any atom is -1.00 e. The fraction of sp³-hybridized carbons (Fsp3) is 1.00. The van der Waals surface area contributed by atoms with E-state index in [-0.39, 0.29) is 31.0 Å². The first kappa shape index (κ1) is 18.0. The molecule has 9 heteroatoms. The van der Waals surface area contributed by atoms with Crippen molar-refractivity contribution in [3.63, 3.8) is 0 Å². The Morgan fingerprint density at radius 3 is 1.64 bits per heavy atom. The summed E-state index contributed by atoms with van der Waals surface area (Å²) in [5, 5.41) is 0. The van der Waals surface area contributed by atoms with Gasteiger partial charge in [0.05, 0.1) is 0 Å². The van der Waals surface area contributed by atoms with Crippen molar-refractivity contribution in [3.05, 3.63) is 0 Å². The fourth-order valence-corrected chi connectivity index (χ4v) is 0.331. The van der Waals surface area contributed by atoms with Crippen LogP contribution < -0.4 is 29.6 Å². The molecule has 0 saturated heterocycles. The van der Waals surface area contributed by atoms with Crippen LogP contribution in [0.4, 0.5) is 0 Å². The van der Waals surface area contributed by atoms with Crippen LogP contribution in [0.15, 0.2) is 0 Å². The van der Waals surface area contributed by atoms with Crippen LogP contribution in [0.3, 0.4) is 0 Å². The van der Waals surface area contributed by atoms with E-state index in [0.29, 0.717) is 6.61 Å². The monoisotopic (exact) mass is 214 g/mol. The summed E-state index contributed by atoms with van der Waals surface area (Å²) in [4.78, 5) is 22.1. The summed E-state index contributed by atoms with van der Waals surface area (Å²) in [5.41, 5.74) is 0. The van der Waals surface area contributed by atoms with Crippen LogP contribution in [0.1, 0.15) is 8.35 Å². The van der Waals surface area contributed by atoms with E-state index in [0.717, 1.165) is 0 Å². The number of rotatable bonds is 2. The summed E-state index contributed by atoms with van der Waals surface area (Å²) in [6.45, 7) is 1.95. The van der Waals surface area contributed by atoms with Gasteiger partial charge in [-0.05, 0) is 6.92 Å². The van der Waals surface area contributed by atoms with Crippen molar-refractivity contribution in [1.82, 2.24) is 0 Å². The topological polar surface area (TPSA) is 104 Å². The van der Waals surface area contributed by atoms with E-state index in [9.17, 15) is 4.57 Å². The molecule has 1 atom stereocenters. The fourth-order valence-electron chi connectivity index (χ4n) is 0.110. The Bertz CT molecular complexity index is 118. The third kappa shape index (κ3) is 55.3. The zero-order chi connectivity index (χ0) is 8.57. The molecule has 62 valence electrons. The molecule has 0 aromatic heterocycles. The molecule has 0 heterocycles. The Morgan fingerprint density at radius 2 is 1.64 bits per heavy atom. The average Bonchev–Trinajstić information content (AvgIpc) is 1.62. The summed E-state index contributed by atoms with van der Waals surface area (Å²) in [7, 11) is -5.22. The van der Waals surface area contributed by atoms with Gasteiger partial charge in [0, 0.05) is 9.13 Å². The minimum atomic E-state index is -2.87. The molecule has 0 bridgehead atoms. The van der Waals surface area contributed by atoms with Gasteiger partial charge in [0.15, 0.2) is 0 Å². The van der Waals surface area contributed by atoms with Crippen LogP contribution in [0.25, 0.3) is 0 Å². The van der Waals surface area contributed by atoms with E-state index in [1.165, 1.54) is 0 Å². The Kier molecular flexibility index (Phi) is 22.2. The van der Waals surface area contributed by atoms with Gasteiger partial charge in [-0.15, -0.1) is 19.2 Å². The summed E-state index contributed by atoms with van der Waals surface area (Å²) < 4.78 is 22.3. The maximum atomic E-state index is 9.53. The normalized spacial score (nSPS) is 8.55. The predicted octanol–water partition coefficient (Wildman–Crippen LogP) is -2.58. The van der Waals surface area contributed by atoms with E-state index in [1.807, 2.05) is 0 Å². The molecule has 0 aliphatic heterocycles. The van der Waals surface area contributed by atoms with Crippen LogP contribution in [0.5, 0.6) is 0 Å². The molecule has 0 fully saturated rings. The van der Waals surface area contributed by atoms with Crippen LogP contribution in [-0.4, -0.2) is 21.3 Å². The predicted molar refractivity (Wildman–Crippen MR) is 34.6 cm³/mol. The Morgan fingerprint density at radius 1 is 1.36 bits per heavy atom. The molecule has 0 aromatic carbocycles. The molecule has 3 N–H and O–H groups in total. The molecule has 0 saturated carbocycles. The second-order valence-corrected chi connectivity index (χ2v) is 2.15. The van der Waals surface area contributed by atoms with Gasteiger partial charge in [-0.25, -0.2) is 0 Å². The first-order chi connectivity index (χ1) is 4.50. The largest absolute Gasteiger partial charge is 1.00 e. The van der Waals surface area contributed by atoms with E-state index in [1.54, 1.807) is 6.92 Å². The molecule has 0 aliphatic rings. The molecule has 0 rings (SSSR count). The van der Waals surface area contributed by atoms with Gasteiger partial charge in [0.2, 0.25) is 0 Å². The maximum Gasteiger partial charge on any atom is 1.00 e. The number of hydrogen-bond donors (Lipinski definition) is 3. The van der Waals surface area contributed by atoms with Crippen molar-refractivity contribution < 1.29 is 59.3 Å². The zero-order valence-electron chi connectivity index (χ0n) is 7.17. The molecule has 0 spiro atoms. The van der Waals surface area contributed by atoms with Gasteiger partial charge < -0.3 is 1.43 Å². The van der Waals surface area contributed by atoms with Gasteiger partial charge >= 0.3 is 46.1 Å². The second kappa shape index (κ2) is 13.6. The van der Waals surface area contributed by atoms with Gasteiger partial charge in [0.25, 0.3) is 0 Å². The molecule has 1 unspecified atom stereocenters. The van der Waals surface area contributed by atoms with E-state index in [2.05, 4.69) is 4.52 Å². The van der Waals surface area contributed by atoms with E-state index < -0.39 is 16.5 Å². The first-order valence-electron chi connectivity index (χ1n) is 2.14. The van der Waals surface area contributed by atoms with Crippen LogP contribution in [0.2, 0.25) is 0 Å². The van der Waals surface area contributed by atoms with Crippen molar-refractivity contribution in [2.75, 3.05) is 6.61 Å². The molecule has 0 radical (unpaired) electrons. The SMILES string of the molecule is CCO[P+](=O)O.O=[P+](O)O.[H-].[Na+].